The number of hydrogen-bond acceptors (Lipinski definition) is 4. The smallest absolute Gasteiger partial charge is 0.387 e. The maximum atomic E-state index is 12.4. The lowest BCUT2D eigenvalue weighted by molar-refractivity contribution is -0.0499. The van der Waals surface area contributed by atoms with Crippen LogP contribution < -0.4 is 10.5 Å². The molecule has 2 N–H and O–H groups in total. The van der Waals surface area contributed by atoms with E-state index in [-0.39, 0.29) is 5.75 Å². The summed E-state index contributed by atoms with van der Waals surface area (Å²) in [6, 6.07) is 6.47. The van der Waals surface area contributed by atoms with Crippen LogP contribution in [0.5, 0.6) is 5.75 Å². The second-order valence-electron chi connectivity index (χ2n) is 4.39. The number of para-hydroxylation sites is 2. The molecule has 5 nitrogen and oxygen atoms in total. The average molecular weight is 266 g/mol. The summed E-state index contributed by atoms with van der Waals surface area (Å²) < 4.78 is 30.8. The van der Waals surface area contributed by atoms with E-state index in [2.05, 4.69) is 15.0 Å². The van der Waals surface area contributed by atoms with Crippen LogP contribution in [0.3, 0.4) is 0 Å². The van der Waals surface area contributed by atoms with E-state index in [4.69, 9.17) is 5.73 Å². The van der Waals surface area contributed by atoms with E-state index < -0.39 is 6.61 Å². The summed E-state index contributed by atoms with van der Waals surface area (Å²) in [4.78, 5) is 0. The Morgan fingerprint density at radius 3 is 2.74 bits per heavy atom. The van der Waals surface area contributed by atoms with Crippen molar-refractivity contribution in [1.29, 1.82) is 0 Å². The van der Waals surface area contributed by atoms with Crippen molar-refractivity contribution in [2.45, 2.75) is 25.4 Å². The van der Waals surface area contributed by atoms with Crippen molar-refractivity contribution in [1.82, 2.24) is 15.0 Å². The van der Waals surface area contributed by atoms with Crippen LogP contribution in [-0.2, 0) is 0 Å². The fraction of sp³-hybridized carbons (Fsp3) is 0.333. The first-order valence-corrected chi connectivity index (χ1v) is 5.92. The molecule has 1 aliphatic carbocycles. The molecule has 19 heavy (non-hydrogen) atoms. The maximum Gasteiger partial charge on any atom is 0.387 e. The molecule has 100 valence electrons. The van der Waals surface area contributed by atoms with Crippen molar-refractivity contribution >= 4 is 5.82 Å². The van der Waals surface area contributed by atoms with Gasteiger partial charge in [0.25, 0.3) is 0 Å². The van der Waals surface area contributed by atoms with Crippen LogP contribution in [0.2, 0.25) is 0 Å². The highest BCUT2D eigenvalue weighted by Gasteiger charge is 2.31. The lowest BCUT2D eigenvalue weighted by atomic mass is 10.2. The normalized spacial score (nSPS) is 14.9. The molecule has 0 aliphatic heterocycles. The number of nitrogens with zero attached hydrogens (tertiary/aromatic N) is 3. The predicted molar refractivity (Wildman–Crippen MR) is 64.4 cm³/mol. The van der Waals surface area contributed by atoms with Crippen LogP contribution in [-0.4, -0.2) is 21.6 Å². The third-order valence-electron chi connectivity index (χ3n) is 3.01. The lowest BCUT2D eigenvalue weighted by Crippen LogP contribution is -2.08. The molecule has 0 spiro atoms. The summed E-state index contributed by atoms with van der Waals surface area (Å²) in [5.41, 5.74) is 6.98. The Morgan fingerprint density at radius 1 is 1.32 bits per heavy atom. The molecule has 1 heterocycles. The van der Waals surface area contributed by atoms with Gasteiger partial charge in [-0.25, -0.2) is 4.68 Å². The number of halogens is 2. The van der Waals surface area contributed by atoms with Crippen LogP contribution in [0.4, 0.5) is 14.6 Å². The molecule has 1 aromatic heterocycles. The predicted octanol–water partition coefficient (Wildman–Crippen LogP) is 2.33. The molecule has 0 bridgehead atoms. The Morgan fingerprint density at radius 2 is 2.05 bits per heavy atom. The van der Waals surface area contributed by atoms with Crippen molar-refractivity contribution in [2.24, 2.45) is 0 Å². The third-order valence-corrected chi connectivity index (χ3v) is 3.01. The summed E-state index contributed by atoms with van der Waals surface area (Å²) in [5, 5.41) is 7.75. The number of anilines is 1. The fourth-order valence-electron chi connectivity index (χ4n) is 2.05. The molecule has 0 atom stereocenters. The van der Waals surface area contributed by atoms with Crippen molar-refractivity contribution < 1.29 is 13.5 Å². The van der Waals surface area contributed by atoms with Crippen molar-refractivity contribution in [3.63, 3.8) is 0 Å². The maximum absolute atomic E-state index is 12.4. The SMILES string of the molecule is Nc1nnn(-c2ccccc2OC(F)F)c1C1CC1. The minimum atomic E-state index is -2.88. The van der Waals surface area contributed by atoms with E-state index in [9.17, 15) is 8.78 Å². The number of nitrogen functional groups attached to an aromatic ring is 1. The van der Waals surface area contributed by atoms with Gasteiger partial charge >= 0.3 is 6.61 Å². The molecule has 0 amide bonds. The van der Waals surface area contributed by atoms with Gasteiger partial charge in [-0.3, -0.25) is 0 Å². The van der Waals surface area contributed by atoms with Crippen molar-refractivity contribution in [3.05, 3.63) is 30.0 Å². The Labute approximate surface area is 108 Å². The highest BCUT2D eigenvalue weighted by Crippen LogP contribution is 2.43. The van der Waals surface area contributed by atoms with Crippen LogP contribution in [0.15, 0.2) is 24.3 Å². The van der Waals surface area contributed by atoms with E-state index in [1.165, 1.54) is 10.7 Å². The summed E-state index contributed by atoms with van der Waals surface area (Å²) in [6.45, 7) is -2.88. The zero-order chi connectivity index (χ0) is 13.4. The van der Waals surface area contributed by atoms with Gasteiger partial charge in [0.1, 0.15) is 5.69 Å². The number of hydrogen-bond donors (Lipinski definition) is 1. The van der Waals surface area contributed by atoms with E-state index in [0.717, 1.165) is 18.5 Å². The van der Waals surface area contributed by atoms with Crippen LogP contribution >= 0.6 is 0 Å². The molecule has 1 aliphatic rings. The molecule has 2 aromatic rings. The summed E-state index contributed by atoms with van der Waals surface area (Å²) in [7, 11) is 0. The van der Waals surface area contributed by atoms with Crippen LogP contribution in [0.25, 0.3) is 5.69 Å². The molecule has 1 aromatic carbocycles. The monoisotopic (exact) mass is 266 g/mol. The molecule has 1 saturated carbocycles. The molecule has 0 saturated heterocycles. The Hall–Kier alpha value is -2.18. The first-order valence-electron chi connectivity index (χ1n) is 5.92. The van der Waals surface area contributed by atoms with E-state index in [1.807, 2.05) is 0 Å². The Balaban J connectivity index is 2.06. The largest absolute Gasteiger partial charge is 0.433 e. The minimum absolute atomic E-state index is 0.0595. The molecule has 1 fully saturated rings. The van der Waals surface area contributed by atoms with Gasteiger partial charge in [-0.05, 0) is 25.0 Å². The van der Waals surface area contributed by atoms with Gasteiger partial charge in [-0.2, -0.15) is 8.78 Å². The van der Waals surface area contributed by atoms with Gasteiger partial charge in [-0.15, -0.1) is 5.10 Å². The van der Waals surface area contributed by atoms with Gasteiger partial charge in [0.2, 0.25) is 0 Å². The number of nitrogens with two attached hydrogens (primary N) is 1. The van der Waals surface area contributed by atoms with Gasteiger partial charge in [0.05, 0.1) is 5.69 Å². The van der Waals surface area contributed by atoms with Gasteiger partial charge < -0.3 is 10.5 Å². The van der Waals surface area contributed by atoms with Gasteiger partial charge in [0.15, 0.2) is 11.6 Å². The Kier molecular flexibility index (Phi) is 2.81. The zero-order valence-corrected chi connectivity index (χ0v) is 9.96. The molecular formula is C12H12F2N4O. The number of aromatic nitrogens is 3. The van der Waals surface area contributed by atoms with Gasteiger partial charge in [0, 0.05) is 5.92 Å². The third kappa shape index (κ3) is 2.23. The lowest BCUT2D eigenvalue weighted by Gasteiger charge is -2.11. The van der Waals surface area contributed by atoms with E-state index in [1.54, 1.807) is 18.2 Å². The second kappa shape index (κ2) is 4.49. The second-order valence-corrected chi connectivity index (χ2v) is 4.39. The standard InChI is InChI=1S/C12H12F2N4O/c13-12(14)19-9-4-2-1-3-8(9)18-10(7-5-6-7)11(15)16-17-18/h1-4,7,12H,5-6,15H2. The fourth-order valence-corrected chi connectivity index (χ4v) is 2.05. The number of rotatable bonds is 4. The molecule has 0 unspecified atom stereocenters. The average Bonchev–Trinajstić information content (AvgIpc) is 3.13. The summed E-state index contributed by atoms with van der Waals surface area (Å²) in [6.07, 6.45) is 2.02. The van der Waals surface area contributed by atoms with Gasteiger partial charge in [-0.1, -0.05) is 17.3 Å². The van der Waals surface area contributed by atoms with Crippen molar-refractivity contribution in [3.8, 4) is 11.4 Å². The summed E-state index contributed by atoms with van der Waals surface area (Å²) in [5.74, 6) is 0.702. The first-order chi connectivity index (χ1) is 9.16. The minimum Gasteiger partial charge on any atom is -0.433 e. The number of alkyl halides is 2. The van der Waals surface area contributed by atoms with Crippen molar-refractivity contribution in [2.75, 3.05) is 5.73 Å². The quantitative estimate of drug-likeness (QED) is 0.922. The molecule has 7 heteroatoms. The number of benzene rings is 1. The topological polar surface area (TPSA) is 66.0 Å². The highest BCUT2D eigenvalue weighted by atomic mass is 19.3. The van der Waals surface area contributed by atoms with Crippen LogP contribution in [0.1, 0.15) is 24.5 Å². The first kappa shape index (κ1) is 11.9. The number of ether oxygens (including phenoxy) is 1. The molecular weight excluding hydrogens is 254 g/mol. The highest BCUT2D eigenvalue weighted by molar-refractivity contribution is 5.51. The Bertz CT molecular complexity index is 595. The van der Waals surface area contributed by atoms with Crippen LogP contribution in [0, 0.1) is 0 Å². The summed E-state index contributed by atoms with van der Waals surface area (Å²) >= 11 is 0. The zero-order valence-electron chi connectivity index (χ0n) is 9.96. The molecule has 0 radical (unpaired) electrons. The molecule has 3 rings (SSSR count). The van der Waals surface area contributed by atoms with E-state index in [0.29, 0.717) is 17.4 Å². The van der Waals surface area contributed by atoms with E-state index >= 15 is 0 Å².